The van der Waals surface area contributed by atoms with Crippen molar-refractivity contribution >= 4 is 5.69 Å². The quantitative estimate of drug-likeness (QED) is 0.846. The summed E-state index contributed by atoms with van der Waals surface area (Å²) in [5.74, 6) is -1.61. The monoisotopic (exact) mass is 276 g/mol. The van der Waals surface area contributed by atoms with Gasteiger partial charge in [0.05, 0.1) is 0 Å². The SMILES string of the molecule is CCN(Cc1ccc(N)cc1)Cc1ccc(F)c(F)c1. The minimum atomic E-state index is -0.810. The maximum atomic E-state index is 13.2. The van der Waals surface area contributed by atoms with Crippen LogP contribution < -0.4 is 5.73 Å². The van der Waals surface area contributed by atoms with Gasteiger partial charge in [0.1, 0.15) is 0 Å². The van der Waals surface area contributed by atoms with Crippen molar-refractivity contribution in [1.29, 1.82) is 0 Å². The van der Waals surface area contributed by atoms with E-state index in [2.05, 4.69) is 4.90 Å². The minimum Gasteiger partial charge on any atom is -0.399 e. The number of nitrogens with two attached hydrogens (primary N) is 1. The molecular formula is C16H18F2N2. The second kappa shape index (κ2) is 6.48. The molecule has 0 bridgehead atoms. The van der Waals surface area contributed by atoms with E-state index in [1.54, 1.807) is 6.07 Å². The molecule has 0 aromatic heterocycles. The van der Waals surface area contributed by atoms with Gasteiger partial charge in [-0.25, -0.2) is 8.78 Å². The molecule has 0 atom stereocenters. The van der Waals surface area contributed by atoms with Crippen LogP contribution in [0.4, 0.5) is 14.5 Å². The van der Waals surface area contributed by atoms with E-state index in [4.69, 9.17) is 5.73 Å². The van der Waals surface area contributed by atoms with E-state index in [0.29, 0.717) is 6.54 Å². The van der Waals surface area contributed by atoms with E-state index in [-0.39, 0.29) is 0 Å². The van der Waals surface area contributed by atoms with Crippen LogP contribution >= 0.6 is 0 Å². The van der Waals surface area contributed by atoms with Crippen molar-refractivity contribution in [3.05, 3.63) is 65.2 Å². The third-order valence-corrected chi connectivity index (χ3v) is 3.22. The molecule has 0 spiro atoms. The maximum absolute atomic E-state index is 13.2. The Hall–Kier alpha value is -1.94. The Bertz CT molecular complexity index is 567. The van der Waals surface area contributed by atoms with Gasteiger partial charge < -0.3 is 5.73 Å². The molecule has 4 heteroatoms. The lowest BCUT2D eigenvalue weighted by Gasteiger charge is -2.20. The Morgan fingerprint density at radius 2 is 1.50 bits per heavy atom. The highest BCUT2D eigenvalue weighted by Crippen LogP contribution is 2.14. The van der Waals surface area contributed by atoms with Gasteiger partial charge >= 0.3 is 0 Å². The zero-order valence-electron chi connectivity index (χ0n) is 11.4. The summed E-state index contributed by atoms with van der Waals surface area (Å²) in [6, 6.07) is 11.7. The highest BCUT2D eigenvalue weighted by atomic mass is 19.2. The molecule has 2 rings (SSSR count). The van der Waals surface area contributed by atoms with Crippen molar-refractivity contribution in [1.82, 2.24) is 4.90 Å². The molecular weight excluding hydrogens is 258 g/mol. The summed E-state index contributed by atoms with van der Waals surface area (Å²) in [5, 5.41) is 0. The summed E-state index contributed by atoms with van der Waals surface area (Å²) in [4.78, 5) is 2.15. The molecule has 0 aliphatic heterocycles. The molecule has 0 saturated carbocycles. The van der Waals surface area contributed by atoms with Gasteiger partial charge in [-0.2, -0.15) is 0 Å². The summed E-state index contributed by atoms with van der Waals surface area (Å²) in [6.07, 6.45) is 0. The predicted octanol–water partition coefficient (Wildman–Crippen LogP) is 3.57. The van der Waals surface area contributed by atoms with Crippen molar-refractivity contribution < 1.29 is 8.78 Å². The third kappa shape index (κ3) is 3.78. The molecule has 0 fully saturated rings. The van der Waals surface area contributed by atoms with Gasteiger partial charge in [0, 0.05) is 18.8 Å². The van der Waals surface area contributed by atoms with Crippen LogP contribution in [-0.2, 0) is 13.1 Å². The van der Waals surface area contributed by atoms with E-state index in [1.807, 2.05) is 31.2 Å². The fourth-order valence-corrected chi connectivity index (χ4v) is 2.06. The molecule has 20 heavy (non-hydrogen) atoms. The van der Waals surface area contributed by atoms with Crippen LogP contribution in [-0.4, -0.2) is 11.4 Å². The van der Waals surface area contributed by atoms with Crippen LogP contribution in [0.3, 0.4) is 0 Å². The number of anilines is 1. The number of hydrogen-bond donors (Lipinski definition) is 1. The molecule has 2 nitrogen and oxygen atoms in total. The Morgan fingerprint density at radius 1 is 0.900 bits per heavy atom. The van der Waals surface area contributed by atoms with Crippen LogP contribution in [0.15, 0.2) is 42.5 Å². The van der Waals surface area contributed by atoms with Crippen LogP contribution in [0, 0.1) is 11.6 Å². The van der Waals surface area contributed by atoms with Crippen LogP contribution in [0.25, 0.3) is 0 Å². The fraction of sp³-hybridized carbons (Fsp3) is 0.250. The second-order valence-electron chi connectivity index (χ2n) is 4.79. The first kappa shape index (κ1) is 14.5. The average Bonchev–Trinajstić information content (AvgIpc) is 2.44. The molecule has 0 radical (unpaired) electrons. The normalized spacial score (nSPS) is 11.0. The zero-order valence-corrected chi connectivity index (χ0v) is 11.4. The molecule has 106 valence electrons. The van der Waals surface area contributed by atoms with Gasteiger partial charge in [-0.3, -0.25) is 4.90 Å². The number of nitrogen functional groups attached to an aromatic ring is 1. The van der Waals surface area contributed by atoms with Crippen LogP contribution in [0.2, 0.25) is 0 Å². The van der Waals surface area contributed by atoms with Gasteiger partial charge in [-0.15, -0.1) is 0 Å². The fourth-order valence-electron chi connectivity index (χ4n) is 2.06. The first-order valence-corrected chi connectivity index (χ1v) is 6.59. The predicted molar refractivity (Wildman–Crippen MR) is 77.0 cm³/mol. The summed E-state index contributed by atoms with van der Waals surface area (Å²) in [6.45, 7) is 4.19. The largest absolute Gasteiger partial charge is 0.399 e. The standard InChI is InChI=1S/C16H18F2N2/c1-2-20(10-12-3-6-14(19)7-4-12)11-13-5-8-15(17)16(18)9-13/h3-9H,2,10-11,19H2,1H3. The van der Waals surface area contributed by atoms with Crippen molar-refractivity contribution in [3.63, 3.8) is 0 Å². The number of hydrogen-bond acceptors (Lipinski definition) is 2. The zero-order chi connectivity index (χ0) is 14.5. The topological polar surface area (TPSA) is 29.3 Å². The maximum Gasteiger partial charge on any atom is 0.159 e. The Kier molecular flexibility index (Phi) is 4.69. The number of nitrogens with zero attached hydrogens (tertiary/aromatic N) is 1. The Balaban J connectivity index is 2.04. The van der Waals surface area contributed by atoms with E-state index in [1.165, 1.54) is 12.1 Å². The molecule has 0 heterocycles. The number of benzene rings is 2. The molecule has 0 saturated heterocycles. The third-order valence-electron chi connectivity index (χ3n) is 3.22. The Morgan fingerprint density at radius 3 is 2.10 bits per heavy atom. The van der Waals surface area contributed by atoms with Crippen molar-refractivity contribution in [2.75, 3.05) is 12.3 Å². The summed E-state index contributed by atoms with van der Waals surface area (Å²) >= 11 is 0. The van der Waals surface area contributed by atoms with E-state index in [0.717, 1.165) is 29.9 Å². The van der Waals surface area contributed by atoms with Crippen molar-refractivity contribution in [2.45, 2.75) is 20.0 Å². The van der Waals surface area contributed by atoms with Gasteiger partial charge in [-0.05, 0) is 41.9 Å². The molecule has 0 aliphatic carbocycles. The molecule has 0 unspecified atom stereocenters. The van der Waals surface area contributed by atoms with Gasteiger partial charge in [0.25, 0.3) is 0 Å². The van der Waals surface area contributed by atoms with E-state index >= 15 is 0 Å². The molecule has 2 N–H and O–H groups in total. The van der Waals surface area contributed by atoms with Crippen LogP contribution in [0.5, 0.6) is 0 Å². The molecule has 2 aromatic rings. The van der Waals surface area contributed by atoms with Gasteiger partial charge in [0.2, 0.25) is 0 Å². The lowest BCUT2D eigenvalue weighted by molar-refractivity contribution is 0.271. The summed E-state index contributed by atoms with van der Waals surface area (Å²) in [5.41, 5.74) is 8.29. The number of halogens is 2. The van der Waals surface area contributed by atoms with Gasteiger partial charge in [0.15, 0.2) is 11.6 Å². The average molecular weight is 276 g/mol. The lowest BCUT2D eigenvalue weighted by atomic mass is 10.1. The minimum absolute atomic E-state index is 0.581. The highest BCUT2D eigenvalue weighted by Gasteiger charge is 2.08. The van der Waals surface area contributed by atoms with E-state index < -0.39 is 11.6 Å². The summed E-state index contributed by atoms with van der Waals surface area (Å²) < 4.78 is 26.1. The first-order valence-electron chi connectivity index (χ1n) is 6.59. The molecule has 0 amide bonds. The van der Waals surface area contributed by atoms with Crippen molar-refractivity contribution in [2.24, 2.45) is 0 Å². The summed E-state index contributed by atoms with van der Waals surface area (Å²) in [7, 11) is 0. The smallest absolute Gasteiger partial charge is 0.159 e. The van der Waals surface area contributed by atoms with Crippen molar-refractivity contribution in [3.8, 4) is 0 Å². The second-order valence-corrected chi connectivity index (χ2v) is 4.79. The molecule has 0 aliphatic rings. The van der Waals surface area contributed by atoms with Gasteiger partial charge in [-0.1, -0.05) is 25.1 Å². The first-order chi connectivity index (χ1) is 9.58. The molecule has 2 aromatic carbocycles. The highest BCUT2D eigenvalue weighted by molar-refractivity contribution is 5.39. The number of rotatable bonds is 5. The van der Waals surface area contributed by atoms with Crippen LogP contribution in [0.1, 0.15) is 18.1 Å². The van der Waals surface area contributed by atoms with E-state index in [9.17, 15) is 8.78 Å². The Labute approximate surface area is 117 Å². The lowest BCUT2D eigenvalue weighted by Crippen LogP contribution is -2.22.